The number of carbonyl (C=O) groups excluding carboxylic acids is 1. The fourth-order valence-electron chi connectivity index (χ4n) is 1.94. The van der Waals surface area contributed by atoms with Gasteiger partial charge in [0.25, 0.3) is 0 Å². The smallest absolute Gasteiger partial charge is 0.307 e. The maximum absolute atomic E-state index is 12.0. The Morgan fingerprint density at radius 3 is 2.21 bits per heavy atom. The van der Waals surface area contributed by atoms with Crippen molar-refractivity contribution in [2.24, 2.45) is 11.8 Å². The maximum Gasteiger partial charge on any atom is 0.307 e. The Morgan fingerprint density at radius 2 is 1.68 bits per heavy atom. The third kappa shape index (κ3) is 3.81. The molecular formula is C15H21NO3. The predicted octanol–water partition coefficient (Wildman–Crippen LogP) is 2.53. The van der Waals surface area contributed by atoms with Crippen molar-refractivity contribution >= 4 is 11.9 Å². The van der Waals surface area contributed by atoms with E-state index >= 15 is 0 Å². The Hall–Kier alpha value is -1.84. The molecular weight excluding hydrogens is 242 g/mol. The highest BCUT2D eigenvalue weighted by Gasteiger charge is 2.26. The number of hydrogen-bond acceptors (Lipinski definition) is 2. The van der Waals surface area contributed by atoms with Gasteiger partial charge in [-0.05, 0) is 25.0 Å². The molecule has 4 heteroatoms. The number of hydrogen-bond donors (Lipinski definition) is 2. The standard InChI is InChI=1S/C15H21NO3/c1-9-7-5-6-8-13(9)12(4)16-14(17)10(2)11(3)15(18)19/h5-8,10-12H,1-4H3,(H,16,17)(H,18,19)/t10?,11?,12-/m1/s1. The Kier molecular flexibility index (Phi) is 5.10. The number of rotatable bonds is 5. The van der Waals surface area contributed by atoms with Crippen LogP contribution in [0, 0.1) is 18.8 Å². The molecule has 0 radical (unpaired) electrons. The molecule has 0 saturated heterocycles. The lowest BCUT2D eigenvalue weighted by atomic mass is 9.94. The van der Waals surface area contributed by atoms with Crippen molar-refractivity contribution in [3.05, 3.63) is 35.4 Å². The molecule has 2 unspecified atom stereocenters. The average Bonchev–Trinajstić information content (AvgIpc) is 2.37. The van der Waals surface area contributed by atoms with Gasteiger partial charge in [0.15, 0.2) is 0 Å². The van der Waals surface area contributed by atoms with E-state index in [-0.39, 0.29) is 11.9 Å². The van der Waals surface area contributed by atoms with Gasteiger partial charge in [0.2, 0.25) is 5.91 Å². The number of nitrogens with one attached hydrogen (secondary N) is 1. The molecule has 19 heavy (non-hydrogen) atoms. The quantitative estimate of drug-likeness (QED) is 0.858. The van der Waals surface area contributed by atoms with Crippen molar-refractivity contribution < 1.29 is 14.7 Å². The summed E-state index contributed by atoms with van der Waals surface area (Å²) in [5.41, 5.74) is 2.15. The zero-order valence-electron chi connectivity index (χ0n) is 11.8. The van der Waals surface area contributed by atoms with Gasteiger partial charge in [-0.15, -0.1) is 0 Å². The molecule has 0 aliphatic rings. The van der Waals surface area contributed by atoms with E-state index in [4.69, 9.17) is 5.11 Å². The summed E-state index contributed by atoms with van der Waals surface area (Å²) >= 11 is 0. The van der Waals surface area contributed by atoms with Crippen molar-refractivity contribution in [1.82, 2.24) is 5.32 Å². The lowest BCUT2D eigenvalue weighted by Crippen LogP contribution is -2.36. The second kappa shape index (κ2) is 6.36. The molecule has 0 aliphatic heterocycles. The number of carboxylic acids is 1. The van der Waals surface area contributed by atoms with E-state index in [0.717, 1.165) is 11.1 Å². The van der Waals surface area contributed by atoms with Gasteiger partial charge in [0, 0.05) is 5.92 Å². The van der Waals surface area contributed by atoms with Crippen LogP contribution in [0.25, 0.3) is 0 Å². The zero-order valence-corrected chi connectivity index (χ0v) is 11.8. The third-order valence-corrected chi connectivity index (χ3v) is 3.57. The van der Waals surface area contributed by atoms with E-state index in [1.54, 1.807) is 13.8 Å². The van der Waals surface area contributed by atoms with Gasteiger partial charge in [0.05, 0.1) is 12.0 Å². The Labute approximate surface area is 113 Å². The zero-order chi connectivity index (χ0) is 14.6. The normalized spacial score (nSPS) is 15.4. The highest BCUT2D eigenvalue weighted by atomic mass is 16.4. The van der Waals surface area contributed by atoms with Crippen molar-refractivity contribution in [3.8, 4) is 0 Å². The molecule has 1 aromatic rings. The van der Waals surface area contributed by atoms with E-state index in [1.807, 2.05) is 38.1 Å². The monoisotopic (exact) mass is 263 g/mol. The van der Waals surface area contributed by atoms with Crippen molar-refractivity contribution in [1.29, 1.82) is 0 Å². The molecule has 1 rings (SSSR count). The van der Waals surface area contributed by atoms with Crippen LogP contribution >= 0.6 is 0 Å². The molecule has 0 saturated carbocycles. The average molecular weight is 263 g/mol. The first kappa shape index (κ1) is 15.2. The molecule has 104 valence electrons. The molecule has 0 aromatic heterocycles. The molecule has 2 N–H and O–H groups in total. The molecule has 1 amide bonds. The summed E-state index contributed by atoms with van der Waals surface area (Å²) in [6.07, 6.45) is 0. The summed E-state index contributed by atoms with van der Waals surface area (Å²) in [4.78, 5) is 22.9. The lowest BCUT2D eigenvalue weighted by molar-refractivity contribution is -0.146. The topological polar surface area (TPSA) is 66.4 Å². The van der Waals surface area contributed by atoms with Crippen LogP contribution in [-0.2, 0) is 9.59 Å². The third-order valence-electron chi connectivity index (χ3n) is 3.57. The van der Waals surface area contributed by atoms with E-state index in [2.05, 4.69) is 5.32 Å². The van der Waals surface area contributed by atoms with Crippen LogP contribution in [0.3, 0.4) is 0 Å². The van der Waals surface area contributed by atoms with Gasteiger partial charge < -0.3 is 10.4 Å². The minimum Gasteiger partial charge on any atom is -0.481 e. The van der Waals surface area contributed by atoms with Crippen LogP contribution in [0.5, 0.6) is 0 Å². The van der Waals surface area contributed by atoms with Crippen LogP contribution < -0.4 is 5.32 Å². The SMILES string of the molecule is Cc1ccccc1[C@@H](C)NC(=O)C(C)C(C)C(=O)O. The molecule has 0 bridgehead atoms. The molecule has 0 spiro atoms. The summed E-state index contributed by atoms with van der Waals surface area (Å²) in [5, 5.41) is 11.8. The highest BCUT2D eigenvalue weighted by molar-refractivity contribution is 5.84. The van der Waals surface area contributed by atoms with Gasteiger partial charge in [-0.2, -0.15) is 0 Å². The van der Waals surface area contributed by atoms with Crippen LogP contribution in [0.2, 0.25) is 0 Å². The van der Waals surface area contributed by atoms with E-state index in [9.17, 15) is 9.59 Å². The van der Waals surface area contributed by atoms with Gasteiger partial charge >= 0.3 is 5.97 Å². The van der Waals surface area contributed by atoms with Crippen LogP contribution in [-0.4, -0.2) is 17.0 Å². The largest absolute Gasteiger partial charge is 0.481 e. The molecule has 0 aliphatic carbocycles. The van der Waals surface area contributed by atoms with Crippen molar-refractivity contribution in [2.75, 3.05) is 0 Å². The number of carboxylic acid groups (broad SMARTS) is 1. The minimum atomic E-state index is -0.953. The van der Waals surface area contributed by atoms with E-state index < -0.39 is 17.8 Å². The molecule has 4 nitrogen and oxygen atoms in total. The molecule has 3 atom stereocenters. The van der Waals surface area contributed by atoms with Crippen molar-refractivity contribution in [2.45, 2.75) is 33.7 Å². The lowest BCUT2D eigenvalue weighted by Gasteiger charge is -2.21. The number of aryl methyl sites for hydroxylation is 1. The first-order valence-electron chi connectivity index (χ1n) is 6.43. The van der Waals surface area contributed by atoms with E-state index in [0.29, 0.717) is 0 Å². The van der Waals surface area contributed by atoms with Crippen LogP contribution in [0.4, 0.5) is 0 Å². The molecule has 1 aromatic carbocycles. The first-order valence-corrected chi connectivity index (χ1v) is 6.43. The van der Waals surface area contributed by atoms with Crippen LogP contribution in [0.1, 0.15) is 37.9 Å². The summed E-state index contributed by atoms with van der Waals surface area (Å²) in [5.74, 6) is -2.43. The number of amides is 1. The fraction of sp³-hybridized carbons (Fsp3) is 0.467. The van der Waals surface area contributed by atoms with Crippen molar-refractivity contribution in [3.63, 3.8) is 0 Å². The maximum atomic E-state index is 12.0. The molecule has 0 fully saturated rings. The number of carbonyl (C=O) groups is 2. The Bertz CT molecular complexity index is 470. The second-order valence-corrected chi connectivity index (χ2v) is 5.00. The fourth-order valence-corrected chi connectivity index (χ4v) is 1.94. The van der Waals surface area contributed by atoms with Gasteiger partial charge in [-0.3, -0.25) is 9.59 Å². The summed E-state index contributed by atoms with van der Waals surface area (Å²) < 4.78 is 0. The number of aliphatic carboxylic acids is 1. The Morgan fingerprint density at radius 1 is 1.11 bits per heavy atom. The van der Waals surface area contributed by atoms with E-state index in [1.165, 1.54) is 0 Å². The van der Waals surface area contributed by atoms with Gasteiger partial charge in [-0.25, -0.2) is 0 Å². The Balaban J connectivity index is 2.72. The first-order chi connectivity index (χ1) is 8.84. The molecule has 0 heterocycles. The summed E-state index contributed by atoms with van der Waals surface area (Å²) in [7, 11) is 0. The summed E-state index contributed by atoms with van der Waals surface area (Å²) in [6, 6.07) is 7.70. The van der Waals surface area contributed by atoms with Gasteiger partial charge in [0.1, 0.15) is 0 Å². The minimum absolute atomic E-state index is 0.128. The summed E-state index contributed by atoms with van der Waals surface area (Å²) in [6.45, 7) is 7.07. The second-order valence-electron chi connectivity index (χ2n) is 5.00. The van der Waals surface area contributed by atoms with Gasteiger partial charge in [-0.1, -0.05) is 38.1 Å². The number of benzene rings is 1. The van der Waals surface area contributed by atoms with Crippen LogP contribution in [0.15, 0.2) is 24.3 Å². The highest BCUT2D eigenvalue weighted by Crippen LogP contribution is 2.18. The predicted molar refractivity (Wildman–Crippen MR) is 73.7 cm³/mol.